The molecule has 1 saturated carbocycles. The summed E-state index contributed by atoms with van der Waals surface area (Å²) in [5, 5.41) is 12.2. The number of aromatic carboxylic acids is 1. The van der Waals surface area contributed by atoms with Gasteiger partial charge in [-0.05, 0) is 46.7 Å². The van der Waals surface area contributed by atoms with Gasteiger partial charge in [0.15, 0.2) is 0 Å². The Balaban J connectivity index is 1.14. The zero-order valence-corrected chi connectivity index (χ0v) is 19.3. The summed E-state index contributed by atoms with van der Waals surface area (Å²) in [4.78, 5) is 38.1. The lowest BCUT2D eigenvalue weighted by molar-refractivity contribution is -0.119. The maximum absolute atomic E-state index is 12.9. The summed E-state index contributed by atoms with van der Waals surface area (Å²) in [6.45, 7) is 0.573. The average Bonchev–Trinajstić information content (AvgIpc) is 3.60. The fourth-order valence-corrected chi connectivity index (χ4v) is 4.95. The van der Waals surface area contributed by atoms with Crippen molar-refractivity contribution in [2.24, 2.45) is 11.8 Å². The molecule has 2 N–H and O–H groups in total. The lowest BCUT2D eigenvalue weighted by atomic mass is 9.98. The third-order valence-corrected chi connectivity index (χ3v) is 6.92. The SMILES string of the molecule is CN(C(=O)[C@@H]1C[C@@H]1CNC(=O)OCC1c2ccccc2-c2ccccc21)c1ccccc1C(=O)O. The number of carboxylic acid groups (broad SMARTS) is 1. The van der Waals surface area contributed by atoms with E-state index in [1.54, 1.807) is 25.2 Å². The summed E-state index contributed by atoms with van der Waals surface area (Å²) >= 11 is 0. The molecule has 2 atom stereocenters. The van der Waals surface area contributed by atoms with Gasteiger partial charge in [-0.2, -0.15) is 0 Å². The normalized spacial score (nSPS) is 17.7. The molecule has 3 aromatic carbocycles. The number of hydrogen-bond acceptors (Lipinski definition) is 4. The molecule has 2 aliphatic carbocycles. The Kier molecular flexibility index (Phi) is 5.99. The predicted molar refractivity (Wildman–Crippen MR) is 131 cm³/mol. The molecule has 0 heterocycles. The summed E-state index contributed by atoms with van der Waals surface area (Å²) in [5.74, 6) is -1.49. The van der Waals surface area contributed by atoms with E-state index in [1.165, 1.54) is 22.1 Å². The smallest absolute Gasteiger partial charge is 0.407 e. The molecule has 35 heavy (non-hydrogen) atoms. The van der Waals surface area contributed by atoms with Crippen molar-refractivity contribution in [1.29, 1.82) is 0 Å². The van der Waals surface area contributed by atoms with E-state index in [1.807, 2.05) is 24.3 Å². The number of fused-ring (bicyclic) bond motifs is 3. The second kappa shape index (κ2) is 9.25. The molecule has 7 nitrogen and oxygen atoms in total. The van der Waals surface area contributed by atoms with E-state index in [-0.39, 0.29) is 35.8 Å². The predicted octanol–water partition coefficient (Wildman–Crippen LogP) is 4.52. The summed E-state index contributed by atoms with van der Waals surface area (Å²) in [7, 11) is 1.58. The Labute approximate surface area is 203 Å². The maximum Gasteiger partial charge on any atom is 0.407 e. The lowest BCUT2D eigenvalue weighted by Crippen LogP contribution is -2.32. The Hall–Kier alpha value is -4.13. The summed E-state index contributed by atoms with van der Waals surface area (Å²) < 4.78 is 5.56. The topological polar surface area (TPSA) is 95.9 Å². The first kappa shape index (κ1) is 22.7. The van der Waals surface area contributed by atoms with Crippen LogP contribution < -0.4 is 10.2 Å². The molecule has 2 aliphatic rings. The van der Waals surface area contributed by atoms with Gasteiger partial charge in [0.2, 0.25) is 5.91 Å². The number of nitrogens with zero attached hydrogens (tertiary/aromatic N) is 1. The van der Waals surface area contributed by atoms with E-state index < -0.39 is 12.1 Å². The number of rotatable bonds is 7. The molecule has 0 radical (unpaired) electrons. The first-order valence-corrected chi connectivity index (χ1v) is 11.6. The highest BCUT2D eigenvalue weighted by atomic mass is 16.5. The van der Waals surface area contributed by atoms with Crippen LogP contribution in [0.1, 0.15) is 33.8 Å². The molecule has 2 amide bonds. The van der Waals surface area contributed by atoms with Crippen LogP contribution in [0.3, 0.4) is 0 Å². The number of carbonyl (C=O) groups excluding carboxylic acids is 2. The molecule has 7 heteroatoms. The van der Waals surface area contributed by atoms with Crippen molar-refractivity contribution in [3.8, 4) is 11.1 Å². The average molecular weight is 471 g/mol. The quantitative estimate of drug-likeness (QED) is 0.529. The lowest BCUT2D eigenvalue weighted by Gasteiger charge is -2.19. The van der Waals surface area contributed by atoms with E-state index in [0.29, 0.717) is 18.7 Å². The van der Waals surface area contributed by atoms with Gasteiger partial charge in [0.25, 0.3) is 0 Å². The van der Waals surface area contributed by atoms with Crippen molar-refractivity contribution >= 4 is 23.7 Å². The minimum absolute atomic E-state index is 0.00224. The number of para-hydroxylation sites is 1. The minimum Gasteiger partial charge on any atom is -0.478 e. The Morgan fingerprint density at radius 3 is 2.20 bits per heavy atom. The van der Waals surface area contributed by atoms with E-state index >= 15 is 0 Å². The Bertz CT molecular complexity index is 1260. The first-order valence-electron chi connectivity index (χ1n) is 11.6. The summed E-state index contributed by atoms with van der Waals surface area (Å²) in [6, 6.07) is 22.8. The Morgan fingerprint density at radius 1 is 0.943 bits per heavy atom. The first-order chi connectivity index (χ1) is 17.0. The number of amides is 2. The van der Waals surface area contributed by atoms with Gasteiger partial charge < -0.3 is 20.1 Å². The van der Waals surface area contributed by atoms with Gasteiger partial charge >= 0.3 is 12.1 Å². The highest BCUT2D eigenvalue weighted by Crippen LogP contribution is 2.44. The second-order valence-corrected chi connectivity index (χ2v) is 9.03. The van der Waals surface area contributed by atoms with Gasteiger partial charge in [-0.15, -0.1) is 0 Å². The van der Waals surface area contributed by atoms with Gasteiger partial charge in [-0.25, -0.2) is 9.59 Å². The highest BCUT2D eigenvalue weighted by Gasteiger charge is 2.45. The molecular formula is C28H26N2O5. The van der Waals surface area contributed by atoms with Crippen LogP contribution in [0.2, 0.25) is 0 Å². The number of nitrogens with one attached hydrogen (secondary N) is 1. The molecule has 3 aromatic rings. The third kappa shape index (κ3) is 4.37. The Morgan fingerprint density at radius 2 is 1.54 bits per heavy atom. The van der Waals surface area contributed by atoms with Gasteiger partial charge in [-0.1, -0.05) is 60.7 Å². The molecule has 0 bridgehead atoms. The molecule has 0 saturated heterocycles. The second-order valence-electron chi connectivity index (χ2n) is 9.03. The zero-order valence-electron chi connectivity index (χ0n) is 19.3. The van der Waals surface area contributed by atoms with Gasteiger partial charge in [0, 0.05) is 25.4 Å². The fraction of sp³-hybridized carbons (Fsp3) is 0.250. The summed E-state index contributed by atoms with van der Waals surface area (Å²) in [5.41, 5.74) is 5.09. The van der Waals surface area contributed by atoms with Crippen LogP contribution in [0, 0.1) is 11.8 Å². The molecular weight excluding hydrogens is 444 g/mol. The number of ether oxygens (including phenoxy) is 1. The zero-order chi connectivity index (χ0) is 24.5. The number of carbonyl (C=O) groups is 3. The van der Waals surface area contributed by atoms with Crippen LogP contribution in [0.5, 0.6) is 0 Å². The largest absolute Gasteiger partial charge is 0.478 e. The van der Waals surface area contributed by atoms with E-state index in [4.69, 9.17) is 4.74 Å². The molecule has 0 aliphatic heterocycles. The van der Waals surface area contributed by atoms with Crippen LogP contribution in [0.25, 0.3) is 11.1 Å². The standard InChI is InChI=1S/C28H26N2O5/c1-30(25-13-7-6-12-22(25)27(32)33)26(31)23-14-17(23)15-29-28(34)35-16-24-20-10-4-2-8-18(20)19-9-3-5-11-21(19)24/h2-13,17,23-24H,14-16H2,1H3,(H,29,34)(H,32,33)/t17-,23-/m1/s1. The van der Waals surface area contributed by atoms with Crippen LogP contribution in [0.4, 0.5) is 10.5 Å². The van der Waals surface area contributed by atoms with Crippen molar-refractivity contribution in [3.63, 3.8) is 0 Å². The van der Waals surface area contributed by atoms with Gasteiger partial charge in [0.1, 0.15) is 6.61 Å². The minimum atomic E-state index is -1.08. The molecule has 178 valence electrons. The molecule has 5 rings (SSSR count). The van der Waals surface area contributed by atoms with Crippen molar-refractivity contribution in [1.82, 2.24) is 5.32 Å². The van der Waals surface area contributed by atoms with Crippen LogP contribution >= 0.6 is 0 Å². The number of alkyl carbamates (subject to hydrolysis) is 1. The fourth-order valence-electron chi connectivity index (χ4n) is 4.95. The number of anilines is 1. The van der Waals surface area contributed by atoms with Crippen molar-refractivity contribution in [2.45, 2.75) is 12.3 Å². The van der Waals surface area contributed by atoms with Crippen LogP contribution in [0.15, 0.2) is 72.8 Å². The van der Waals surface area contributed by atoms with E-state index in [0.717, 1.165) is 11.1 Å². The third-order valence-electron chi connectivity index (χ3n) is 6.92. The van der Waals surface area contributed by atoms with Crippen LogP contribution in [-0.4, -0.2) is 43.3 Å². The van der Waals surface area contributed by atoms with E-state index in [2.05, 4.69) is 29.6 Å². The van der Waals surface area contributed by atoms with Crippen LogP contribution in [-0.2, 0) is 9.53 Å². The van der Waals surface area contributed by atoms with Crippen molar-refractivity contribution < 1.29 is 24.2 Å². The van der Waals surface area contributed by atoms with Gasteiger partial charge in [0.05, 0.1) is 11.3 Å². The highest BCUT2D eigenvalue weighted by molar-refractivity contribution is 6.03. The molecule has 0 spiro atoms. The molecule has 0 aromatic heterocycles. The number of carboxylic acids is 1. The molecule has 0 unspecified atom stereocenters. The maximum atomic E-state index is 12.9. The summed E-state index contributed by atoms with van der Waals surface area (Å²) in [6.07, 6.45) is 0.136. The number of hydrogen-bond donors (Lipinski definition) is 2. The van der Waals surface area contributed by atoms with Gasteiger partial charge in [-0.3, -0.25) is 4.79 Å². The van der Waals surface area contributed by atoms with E-state index in [9.17, 15) is 19.5 Å². The van der Waals surface area contributed by atoms with Crippen molar-refractivity contribution in [2.75, 3.05) is 25.1 Å². The van der Waals surface area contributed by atoms with Crippen molar-refractivity contribution in [3.05, 3.63) is 89.5 Å². The molecule has 1 fully saturated rings. The number of benzene rings is 3. The monoisotopic (exact) mass is 470 g/mol.